The van der Waals surface area contributed by atoms with Crippen molar-refractivity contribution in [3.63, 3.8) is 0 Å². The number of ether oxygens (including phenoxy) is 2. The molecule has 160 valence electrons. The van der Waals surface area contributed by atoms with Crippen LogP contribution in [0.15, 0.2) is 89.1 Å². The molecule has 0 fully saturated rings. The molecular weight excluding hydrogens is 427 g/mol. The highest BCUT2D eigenvalue weighted by atomic mass is 35.5. The van der Waals surface area contributed by atoms with Crippen LogP contribution in [0.3, 0.4) is 0 Å². The van der Waals surface area contributed by atoms with Crippen LogP contribution in [0.4, 0.5) is 4.39 Å². The first-order chi connectivity index (χ1) is 15.7. The Bertz CT molecular complexity index is 1160. The van der Waals surface area contributed by atoms with Crippen molar-refractivity contribution in [2.45, 2.75) is 25.7 Å². The Morgan fingerprint density at radius 2 is 1.53 bits per heavy atom. The van der Waals surface area contributed by atoms with Crippen LogP contribution in [0, 0.1) is 17.7 Å². The second kappa shape index (κ2) is 10.7. The van der Waals surface area contributed by atoms with Crippen molar-refractivity contribution in [2.24, 2.45) is 10.2 Å². The van der Waals surface area contributed by atoms with Gasteiger partial charge in [-0.05, 0) is 29.2 Å². The topological polar surface area (TPSA) is 43.2 Å². The van der Waals surface area contributed by atoms with Crippen LogP contribution >= 0.6 is 11.6 Å². The van der Waals surface area contributed by atoms with Crippen molar-refractivity contribution >= 4 is 23.2 Å². The third-order valence-corrected chi connectivity index (χ3v) is 5.06. The number of nitrogens with zero attached hydrogens (tertiary/aromatic N) is 2. The Morgan fingerprint density at radius 3 is 2.22 bits per heavy atom. The van der Waals surface area contributed by atoms with E-state index >= 15 is 0 Å². The lowest BCUT2D eigenvalue weighted by Crippen LogP contribution is -2.31. The van der Waals surface area contributed by atoms with Gasteiger partial charge in [-0.3, -0.25) is 0 Å². The second-order valence-corrected chi connectivity index (χ2v) is 7.50. The van der Waals surface area contributed by atoms with Crippen LogP contribution in [0.2, 0.25) is 5.02 Å². The van der Waals surface area contributed by atoms with E-state index in [4.69, 9.17) is 21.1 Å². The fourth-order valence-electron chi connectivity index (χ4n) is 3.06. The quantitative estimate of drug-likeness (QED) is 0.465. The van der Waals surface area contributed by atoms with Crippen LogP contribution in [0.5, 0.6) is 0 Å². The van der Waals surface area contributed by atoms with Gasteiger partial charge < -0.3 is 9.47 Å². The number of rotatable bonds is 5. The maximum absolute atomic E-state index is 14.0. The van der Waals surface area contributed by atoms with Gasteiger partial charge in [0.25, 0.3) is 0 Å². The summed E-state index contributed by atoms with van der Waals surface area (Å²) in [6.45, 7) is 0.741. The Labute approximate surface area is 191 Å². The van der Waals surface area contributed by atoms with E-state index in [1.165, 1.54) is 12.1 Å². The highest BCUT2D eigenvalue weighted by molar-refractivity contribution is 6.31. The molecule has 0 radical (unpaired) electrons. The first kappa shape index (κ1) is 21.8. The molecule has 4 nitrogen and oxygen atoms in total. The molecule has 1 unspecified atom stereocenters. The molecule has 1 aliphatic rings. The van der Waals surface area contributed by atoms with Crippen LogP contribution in [0.25, 0.3) is 0 Å². The molecule has 4 rings (SSSR count). The summed E-state index contributed by atoms with van der Waals surface area (Å²) in [5.74, 6) is 5.55. The SMILES string of the molecule is Fc1cccc(Cl)c1C#CC1=NN=C(OCc2ccccc2)C(OCc2ccccc2)C1. The zero-order valence-electron chi connectivity index (χ0n) is 17.2. The van der Waals surface area contributed by atoms with Gasteiger partial charge in [0, 0.05) is 6.42 Å². The van der Waals surface area contributed by atoms with Crippen molar-refractivity contribution in [2.75, 3.05) is 0 Å². The molecule has 0 aliphatic carbocycles. The minimum absolute atomic E-state index is 0.133. The predicted octanol–water partition coefficient (Wildman–Crippen LogP) is 5.79. The van der Waals surface area contributed by atoms with Crippen molar-refractivity contribution in [3.8, 4) is 11.8 Å². The summed E-state index contributed by atoms with van der Waals surface area (Å²) >= 11 is 6.06. The minimum Gasteiger partial charge on any atom is -0.473 e. The highest BCUT2D eigenvalue weighted by Gasteiger charge is 2.25. The first-order valence-corrected chi connectivity index (χ1v) is 10.5. The lowest BCUT2D eigenvalue weighted by Gasteiger charge is -2.22. The summed E-state index contributed by atoms with van der Waals surface area (Å²) in [6.07, 6.45) is -0.101. The molecule has 0 saturated heterocycles. The molecule has 32 heavy (non-hydrogen) atoms. The van der Waals surface area contributed by atoms with Gasteiger partial charge in [-0.25, -0.2) is 4.39 Å². The maximum atomic E-state index is 14.0. The van der Waals surface area contributed by atoms with Crippen molar-refractivity contribution in [1.29, 1.82) is 0 Å². The molecule has 3 aromatic carbocycles. The Kier molecular flexibility index (Phi) is 7.29. The van der Waals surface area contributed by atoms with E-state index in [2.05, 4.69) is 22.0 Å². The molecule has 0 saturated carbocycles. The van der Waals surface area contributed by atoms with E-state index in [0.29, 0.717) is 31.2 Å². The third-order valence-electron chi connectivity index (χ3n) is 4.74. The number of hydrogen-bond acceptors (Lipinski definition) is 4. The number of benzene rings is 3. The highest BCUT2D eigenvalue weighted by Crippen LogP contribution is 2.19. The van der Waals surface area contributed by atoms with Crippen LogP contribution < -0.4 is 0 Å². The molecule has 6 heteroatoms. The maximum Gasteiger partial charge on any atom is 0.238 e. The molecule has 1 aliphatic heterocycles. The van der Waals surface area contributed by atoms with Crippen molar-refractivity contribution in [1.82, 2.24) is 0 Å². The van der Waals surface area contributed by atoms with Crippen molar-refractivity contribution in [3.05, 3.63) is 106 Å². The molecule has 0 spiro atoms. The standard InChI is InChI=1S/C26H20ClFN2O2/c27-23-12-7-13-24(28)22(23)15-14-21-16-25(31-17-19-8-3-1-4-9-19)26(30-29-21)32-18-20-10-5-2-6-11-20/h1-13,25H,16-18H2. The first-order valence-electron chi connectivity index (χ1n) is 10.1. The molecule has 0 N–H and O–H groups in total. The molecule has 3 aromatic rings. The molecule has 0 aromatic heterocycles. The van der Waals surface area contributed by atoms with Gasteiger partial charge in [0.1, 0.15) is 24.2 Å². The van der Waals surface area contributed by atoms with Crippen LogP contribution in [-0.4, -0.2) is 17.7 Å². The van der Waals surface area contributed by atoms with E-state index in [-0.39, 0.29) is 10.6 Å². The lowest BCUT2D eigenvalue weighted by atomic mass is 10.1. The van der Waals surface area contributed by atoms with E-state index in [9.17, 15) is 4.39 Å². The normalized spacial score (nSPS) is 15.2. The Morgan fingerprint density at radius 1 is 0.844 bits per heavy atom. The van der Waals surface area contributed by atoms with E-state index in [0.717, 1.165) is 11.1 Å². The van der Waals surface area contributed by atoms with Crippen LogP contribution in [-0.2, 0) is 22.7 Å². The second-order valence-electron chi connectivity index (χ2n) is 7.10. The lowest BCUT2D eigenvalue weighted by molar-refractivity contribution is 0.0668. The summed E-state index contributed by atoms with van der Waals surface area (Å²) < 4.78 is 26.0. The fourth-order valence-corrected chi connectivity index (χ4v) is 3.27. The number of hydrogen-bond donors (Lipinski definition) is 0. The Balaban J connectivity index is 1.52. The largest absolute Gasteiger partial charge is 0.473 e. The van der Waals surface area contributed by atoms with Gasteiger partial charge in [0.15, 0.2) is 0 Å². The van der Waals surface area contributed by atoms with Gasteiger partial charge in [-0.15, -0.1) is 10.2 Å². The summed E-state index contributed by atoms with van der Waals surface area (Å²) in [6, 6.07) is 24.1. The average Bonchev–Trinajstić information content (AvgIpc) is 2.83. The summed E-state index contributed by atoms with van der Waals surface area (Å²) in [4.78, 5) is 0. The van der Waals surface area contributed by atoms with Gasteiger partial charge >= 0.3 is 0 Å². The fraction of sp³-hybridized carbons (Fsp3) is 0.154. The monoisotopic (exact) mass is 446 g/mol. The van der Waals surface area contributed by atoms with E-state index in [1.54, 1.807) is 6.07 Å². The van der Waals surface area contributed by atoms with E-state index < -0.39 is 11.9 Å². The molecule has 1 heterocycles. The molecular formula is C26H20ClFN2O2. The van der Waals surface area contributed by atoms with Gasteiger partial charge in [-0.2, -0.15) is 0 Å². The summed E-state index contributed by atoms with van der Waals surface area (Å²) in [5, 5.41) is 8.62. The van der Waals surface area contributed by atoms with E-state index in [1.807, 2.05) is 60.7 Å². The third kappa shape index (κ3) is 5.82. The zero-order chi connectivity index (χ0) is 22.2. The van der Waals surface area contributed by atoms with Gasteiger partial charge in [0.2, 0.25) is 5.90 Å². The smallest absolute Gasteiger partial charge is 0.238 e. The summed E-state index contributed by atoms with van der Waals surface area (Å²) in [5.41, 5.74) is 2.65. The van der Waals surface area contributed by atoms with Gasteiger partial charge in [0.05, 0.1) is 17.2 Å². The van der Waals surface area contributed by atoms with Gasteiger partial charge in [-0.1, -0.05) is 84.3 Å². The predicted molar refractivity (Wildman–Crippen MR) is 124 cm³/mol. The molecule has 0 amide bonds. The molecule has 1 atom stereocenters. The summed E-state index contributed by atoms with van der Waals surface area (Å²) in [7, 11) is 0. The molecule has 0 bridgehead atoms. The van der Waals surface area contributed by atoms with Crippen LogP contribution in [0.1, 0.15) is 23.1 Å². The Hall–Kier alpha value is -3.46. The van der Waals surface area contributed by atoms with Crippen molar-refractivity contribution < 1.29 is 13.9 Å². The minimum atomic E-state index is -0.478. The number of halogens is 2. The zero-order valence-corrected chi connectivity index (χ0v) is 17.9. The average molecular weight is 447 g/mol.